The van der Waals surface area contributed by atoms with Crippen molar-refractivity contribution >= 4 is 11.7 Å². The van der Waals surface area contributed by atoms with Gasteiger partial charge in [0, 0.05) is 18.8 Å². The fraction of sp³-hybridized carbons (Fsp3) is 0.417. The molecule has 1 aromatic rings. The predicted molar refractivity (Wildman–Crippen MR) is 66.8 cm³/mol. The van der Waals surface area contributed by atoms with Crippen LogP contribution in [0.2, 0.25) is 0 Å². The fourth-order valence-electron chi connectivity index (χ4n) is 1.61. The molecule has 4 nitrogen and oxygen atoms in total. The van der Waals surface area contributed by atoms with Crippen molar-refractivity contribution in [1.82, 2.24) is 0 Å². The molecule has 0 aromatic heterocycles. The number of hydrogen-bond acceptors (Lipinski definition) is 3. The third-order valence-electron chi connectivity index (χ3n) is 2.68. The lowest BCUT2D eigenvalue weighted by molar-refractivity contribution is 0.280. The van der Waals surface area contributed by atoms with E-state index in [-0.39, 0.29) is 24.1 Å². The molecule has 0 saturated heterocycles. The second-order valence-electron chi connectivity index (χ2n) is 4.01. The molecule has 0 bridgehead atoms. The van der Waals surface area contributed by atoms with E-state index >= 15 is 0 Å². The fourth-order valence-corrected chi connectivity index (χ4v) is 1.61. The Morgan fingerprint density at radius 1 is 1.50 bits per heavy atom. The van der Waals surface area contributed by atoms with Crippen LogP contribution in [-0.4, -0.2) is 19.7 Å². The minimum atomic E-state index is -0.879. The first-order chi connectivity index (χ1) is 8.45. The van der Waals surface area contributed by atoms with E-state index in [0.29, 0.717) is 12.1 Å². The van der Waals surface area contributed by atoms with Crippen LogP contribution in [0.25, 0.3) is 0 Å². The van der Waals surface area contributed by atoms with Crippen LogP contribution >= 0.6 is 0 Å². The molecule has 0 radical (unpaired) electrons. The summed E-state index contributed by atoms with van der Waals surface area (Å²) in [5.74, 6) is -1.95. The molecule has 0 spiro atoms. The van der Waals surface area contributed by atoms with Gasteiger partial charge in [-0.3, -0.25) is 5.41 Å². The van der Waals surface area contributed by atoms with E-state index in [2.05, 4.69) is 5.32 Å². The van der Waals surface area contributed by atoms with Gasteiger partial charge in [0.15, 0.2) is 11.6 Å². The molecule has 6 heteroatoms. The summed E-state index contributed by atoms with van der Waals surface area (Å²) >= 11 is 0. The first kappa shape index (κ1) is 14.2. The number of nitrogens with two attached hydrogens (primary N) is 1. The van der Waals surface area contributed by atoms with Crippen LogP contribution in [0.5, 0.6) is 0 Å². The number of nitrogens with one attached hydrogen (secondary N) is 2. The van der Waals surface area contributed by atoms with Crippen molar-refractivity contribution in [3.8, 4) is 0 Å². The molecule has 4 N–H and O–H groups in total. The van der Waals surface area contributed by atoms with Crippen molar-refractivity contribution in [1.29, 1.82) is 5.41 Å². The third-order valence-corrected chi connectivity index (χ3v) is 2.68. The molecule has 0 fully saturated rings. The van der Waals surface area contributed by atoms with Gasteiger partial charge in [0.05, 0.1) is 6.61 Å². The molecule has 0 aliphatic carbocycles. The normalized spacial score (nSPS) is 12.0. The highest BCUT2D eigenvalue weighted by Gasteiger charge is 2.16. The van der Waals surface area contributed by atoms with Gasteiger partial charge in [0.1, 0.15) is 0 Å². The molecule has 0 unspecified atom stereocenters. The number of hydrogen-bond donors (Lipinski definition) is 3. The van der Waals surface area contributed by atoms with Crippen molar-refractivity contribution in [2.24, 2.45) is 5.73 Å². The minimum Gasteiger partial charge on any atom is -0.466 e. The van der Waals surface area contributed by atoms with Crippen LogP contribution in [0.3, 0.4) is 0 Å². The number of ether oxygens (including phenoxy) is 1. The first-order valence-electron chi connectivity index (χ1n) is 5.59. The van der Waals surface area contributed by atoms with Crippen LogP contribution in [0, 0.1) is 17.0 Å². The topological polar surface area (TPSA) is 71.1 Å². The lowest BCUT2D eigenvalue weighted by Crippen LogP contribution is -2.16. The van der Waals surface area contributed by atoms with Gasteiger partial charge in [-0.15, -0.1) is 0 Å². The van der Waals surface area contributed by atoms with Gasteiger partial charge in [-0.1, -0.05) is 6.92 Å². The smallest absolute Gasteiger partial charge is 0.278 e. The summed E-state index contributed by atoms with van der Waals surface area (Å²) < 4.78 is 31.8. The van der Waals surface area contributed by atoms with E-state index in [1.165, 1.54) is 0 Å². The van der Waals surface area contributed by atoms with Gasteiger partial charge in [-0.25, -0.2) is 8.78 Å². The van der Waals surface area contributed by atoms with Crippen molar-refractivity contribution in [3.05, 3.63) is 29.3 Å². The first-order valence-corrected chi connectivity index (χ1v) is 5.59. The van der Waals surface area contributed by atoms with Crippen LogP contribution in [-0.2, 0) is 4.74 Å². The van der Waals surface area contributed by atoms with Crippen LogP contribution in [0.15, 0.2) is 12.1 Å². The standard InChI is InChI=1S/C12H17F2N3O/c1-7(3-4-18-12(15)16)9-5-8(17-2)6-10(13)11(9)14/h5-7,17H,3-4H2,1-2H3,(H3,15,16)/t7-/m1/s1. The largest absolute Gasteiger partial charge is 0.466 e. The van der Waals surface area contributed by atoms with Gasteiger partial charge >= 0.3 is 0 Å². The quantitative estimate of drug-likeness (QED) is 0.560. The van der Waals surface area contributed by atoms with Crippen molar-refractivity contribution < 1.29 is 13.5 Å². The molecule has 1 aromatic carbocycles. The number of benzene rings is 1. The van der Waals surface area contributed by atoms with Crippen LogP contribution < -0.4 is 11.1 Å². The lowest BCUT2D eigenvalue weighted by Gasteiger charge is -2.15. The number of anilines is 1. The lowest BCUT2D eigenvalue weighted by atomic mass is 9.97. The molecule has 1 rings (SSSR count). The van der Waals surface area contributed by atoms with E-state index in [4.69, 9.17) is 15.9 Å². The van der Waals surface area contributed by atoms with Gasteiger partial charge in [0.2, 0.25) is 0 Å². The van der Waals surface area contributed by atoms with Crippen molar-refractivity contribution in [2.45, 2.75) is 19.3 Å². The molecule has 0 saturated carbocycles. The average molecular weight is 257 g/mol. The van der Waals surface area contributed by atoms with Crippen molar-refractivity contribution in [2.75, 3.05) is 19.0 Å². The predicted octanol–water partition coefficient (Wildman–Crippen LogP) is 2.41. The van der Waals surface area contributed by atoms with E-state index in [0.717, 1.165) is 6.07 Å². The summed E-state index contributed by atoms with van der Waals surface area (Å²) in [5.41, 5.74) is 5.83. The molecule has 0 aliphatic rings. The molecule has 0 aliphatic heterocycles. The maximum absolute atomic E-state index is 13.6. The summed E-state index contributed by atoms with van der Waals surface area (Å²) in [6.45, 7) is 1.96. The van der Waals surface area contributed by atoms with Gasteiger partial charge in [-0.2, -0.15) is 0 Å². The molecule has 0 amide bonds. The van der Waals surface area contributed by atoms with E-state index in [1.54, 1.807) is 20.0 Å². The summed E-state index contributed by atoms with van der Waals surface area (Å²) in [6.07, 6.45) is 0.448. The number of amidine groups is 1. The van der Waals surface area contributed by atoms with Crippen molar-refractivity contribution in [3.63, 3.8) is 0 Å². The molecular formula is C12H17F2N3O. The van der Waals surface area contributed by atoms with Gasteiger partial charge in [0.25, 0.3) is 6.02 Å². The summed E-state index contributed by atoms with van der Waals surface area (Å²) in [5, 5.41) is 9.67. The molecule has 18 heavy (non-hydrogen) atoms. The zero-order chi connectivity index (χ0) is 13.7. The Kier molecular flexibility index (Phi) is 4.88. The Morgan fingerprint density at radius 2 is 2.17 bits per heavy atom. The summed E-state index contributed by atoms with van der Waals surface area (Å²) in [6, 6.07) is 2.30. The average Bonchev–Trinajstić information content (AvgIpc) is 2.31. The second kappa shape index (κ2) is 6.18. The third kappa shape index (κ3) is 3.58. The number of halogens is 2. The maximum Gasteiger partial charge on any atom is 0.278 e. The molecule has 1 atom stereocenters. The SMILES string of the molecule is CNc1cc(F)c(F)c([C@H](C)CCOC(=N)N)c1. The van der Waals surface area contributed by atoms with Crippen LogP contribution in [0.1, 0.15) is 24.8 Å². The minimum absolute atomic E-state index is 0.196. The highest BCUT2D eigenvalue weighted by Crippen LogP contribution is 2.27. The monoisotopic (exact) mass is 257 g/mol. The Hall–Kier alpha value is -1.85. The zero-order valence-corrected chi connectivity index (χ0v) is 10.4. The Bertz CT molecular complexity index is 438. The Morgan fingerprint density at radius 3 is 2.72 bits per heavy atom. The van der Waals surface area contributed by atoms with Gasteiger partial charge < -0.3 is 15.8 Å². The molecular weight excluding hydrogens is 240 g/mol. The van der Waals surface area contributed by atoms with Gasteiger partial charge in [-0.05, 0) is 24.0 Å². The molecule has 100 valence electrons. The van der Waals surface area contributed by atoms with E-state index in [1.807, 2.05) is 0 Å². The summed E-state index contributed by atoms with van der Waals surface area (Å²) in [7, 11) is 1.64. The Balaban J connectivity index is 2.80. The highest BCUT2D eigenvalue weighted by atomic mass is 19.2. The Labute approximate surface area is 105 Å². The highest BCUT2D eigenvalue weighted by molar-refractivity contribution is 5.67. The zero-order valence-electron chi connectivity index (χ0n) is 10.4. The summed E-state index contributed by atoms with van der Waals surface area (Å²) in [4.78, 5) is 0. The maximum atomic E-state index is 13.6. The number of rotatable bonds is 5. The van der Waals surface area contributed by atoms with Crippen LogP contribution in [0.4, 0.5) is 14.5 Å². The van der Waals surface area contributed by atoms with E-state index in [9.17, 15) is 8.78 Å². The second-order valence-corrected chi connectivity index (χ2v) is 4.01. The molecule has 0 heterocycles. The van der Waals surface area contributed by atoms with E-state index < -0.39 is 11.6 Å².